The molecule has 1 aromatic rings. The summed E-state index contributed by atoms with van der Waals surface area (Å²) in [4.78, 5) is 0. The molecule has 0 fully saturated rings. The van der Waals surface area contributed by atoms with Crippen molar-refractivity contribution in [1.82, 2.24) is 0 Å². The van der Waals surface area contributed by atoms with Gasteiger partial charge in [0.1, 0.15) is 0 Å². The minimum atomic E-state index is 0. The Morgan fingerprint density at radius 2 is 2.11 bits per heavy atom. The smallest absolute Gasteiger partial charge is 0 e. The summed E-state index contributed by atoms with van der Waals surface area (Å²) in [5.41, 5.74) is 1.27. The maximum absolute atomic E-state index is 2.96. The predicted octanol–water partition coefficient (Wildman–Crippen LogP) is 2.21. The molecule has 0 atom stereocenters. The van der Waals surface area contributed by atoms with Gasteiger partial charge in [-0.3, -0.25) is 0 Å². The zero-order valence-electron chi connectivity index (χ0n) is 5.42. The minimum Gasteiger partial charge on any atom is -0.184 e. The van der Waals surface area contributed by atoms with Crippen LogP contribution in [0.15, 0.2) is 24.3 Å². The third-order valence-corrected chi connectivity index (χ3v) is 0.863. The van der Waals surface area contributed by atoms with Crippen molar-refractivity contribution >= 4 is 12.4 Å². The molecular formula is C7H8ClZn-. The van der Waals surface area contributed by atoms with Crippen LogP contribution in [-0.4, -0.2) is 0 Å². The molecule has 0 saturated carbocycles. The normalized spacial score (nSPS) is 6.78. The van der Waals surface area contributed by atoms with E-state index in [-0.39, 0.29) is 31.9 Å². The predicted molar refractivity (Wildman–Crippen MR) is 37.3 cm³/mol. The summed E-state index contributed by atoms with van der Waals surface area (Å²) >= 11 is 0. The van der Waals surface area contributed by atoms with Crippen LogP contribution in [0.2, 0.25) is 0 Å². The van der Waals surface area contributed by atoms with Crippen molar-refractivity contribution < 1.29 is 19.5 Å². The van der Waals surface area contributed by atoms with Crippen LogP contribution in [0.5, 0.6) is 0 Å². The molecule has 0 radical (unpaired) electrons. The van der Waals surface area contributed by atoms with Gasteiger partial charge in [0.25, 0.3) is 0 Å². The summed E-state index contributed by atoms with van der Waals surface area (Å²) in [6.07, 6.45) is 0. The number of halogens is 1. The van der Waals surface area contributed by atoms with Gasteiger partial charge in [-0.2, -0.15) is 35.9 Å². The molecule has 2 heteroatoms. The largest absolute Gasteiger partial charge is 0.184 e. The van der Waals surface area contributed by atoms with Gasteiger partial charge in [0.15, 0.2) is 0 Å². The van der Waals surface area contributed by atoms with E-state index in [1.54, 1.807) is 0 Å². The summed E-state index contributed by atoms with van der Waals surface area (Å²) in [6, 6.07) is 10.8. The minimum absolute atomic E-state index is 0. The fourth-order valence-electron chi connectivity index (χ4n) is 0.483. The van der Waals surface area contributed by atoms with Gasteiger partial charge in [0, 0.05) is 19.5 Å². The molecule has 0 amide bonds. The quantitative estimate of drug-likeness (QED) is 0.437. The van der Waals surface area contributed by atoms with E-state index in [2.05, 4.69) is 19.1 Å². The van der Waals surface area contributed by atoms with Crippen molar-refractivity contribution in [2.24, 2.45) is 0 Å². The van der Waals surface area contributed by atoms with Crippen molar-refractivity contribution in [3.05, 3.63) is 35.9 Å². The van der Waals surface area contributed by atoms with E-state index in [9.17, 15) is 0 Å². The number of benzene rings is 1. The zero-order valence-corrected chi connectivity index (χ0v) is 9.21. The van der Waals surface area contributed by atoms with Crippen LogP contribution in [0, 0.1) is 13.0 Å². The number of aryl methyl sites for hydroxylation is 1. The first-order valence-corrected chi connectivity index (χ1v) is 2.32. The number of hydrogen-bond acceptors (Lipinski definition) is 0. The maximum Gasteiger partial charge on any atom is 0 e. The molecule has 0 nitrogen and oxygen atoms in total. The number of hydrogen-bond donors (Lipinski definition) is 0. The molecule has 0 N–H and O–H groups in total. The molecule has 0 aliphatic carbocycles. The first kappa shape index (κ1) is 11.9. The van der Waals surface area contributed by atoms with Crippen molar-refractivity contribution in [2.75, 3.05) is 0 Å². The third kappa shape index (κ3) is 4.63. The van der Waals surface area contributed by atoms with E-state index < -0.39 is 0 Å². The van der Waals surface area contributed by atoms with Gasteiger partial charge in [-0.05, 0) is 0 Å². The standard InChI is InChI=1S/C7H7.ClH.Zn/c1-7-5-3-2-4-6-7;;/h2-3,5-6H,1H3;1H;/q-1;;. The molecule has 0 aliphatic rings. The van der Waals surface area contributed by atoms with Crippen molar-refractivity contribution in [3.63, 3.8) is 0 Å². The van der Waals surface area contributed by atoms with Gasteiger partial charge >= 0.3 is 0 Å². The van der Waals surface area contributed by atoms with Crippen LogP contribution in [0.1, 0.15) is 5.56 Å². The van der Waals surface area contributed by atoms with Crippen LogP contribution in [0.3, 0.4) is 0 Å². The second-order valence-corrected chi connectivity index (χ2v) is 1.58. The zero-order chi connectivity index (χ0) is 5.11. The SMILES string of the molecule is Cc1c[c-]ccc1.Cl.[Zn]. The molecule has 0 bridgehead atoms. The van der Waals surface area contributed by atoms with Gasteiger partial charge in [-0.1, -0.05) is 6.92 Å². The Morgan fingerprint density at radius 1 is 1.44 bits per heavy atom. The Bertz CT molecular complexity index is 139. The van der Waals surface area contributed by atoms with Gasteiger partial charge in [0.2, 0.25) is 0 Å². The van der Waals surface area contributed by atoms with E-state index in [1.807, 2.05) is 18.2 Å². The van der Waals surface area contributed by atoms with Crippen molar-refractivity contribution in [2.45, 2.75) is 6.92 Å². The molecular weight excluding hydrogens is 185 g/mol. The summed E-state index contributed by atoms with van der Waals surface area (Å²) in [5, 5.41) is 0. The second kappa shape index (κ2) is 6.26. The van der Waals surface area contributed by atoms with Gasteiger partial charge in [-0.15, -0.1) is 12.4 Å². The topological polar surface area (TPSA) is 0 Å². The van der Waals surface area contributed by atoms with E-state index in [4.69, 9.17) is 0 Å². The molecule has 0 aromatic heterocycles. The monoisotopic (exact) mass is 191 g/mol. The fourth-order valence-corrected chi connectivity index (χ4v) is 0.483. The molecule has 0 spiro atoms. The van der Waals surface area contributed by atoms with Gasteiger partial charge in [0.05, 0.1) is 0 Å². The van der Waals surface area contributed by atoms with E-state index in [1.165, 1.54) is 5.56 Å². The first-order chi connectivity index (χ1) is 3.39. The van der Waals surface area contributed by atoms with Crippen LogP contribution < -0.4 is 0 Å². The second-order valence-electron chi connectivity index (χ2n) is 1.58. The molecule has 0 saturated heterocycles. The average molecular weight is 193 g/mol. The van der Waals surface area contributed by atoms with Crippen LogP contribution in [0.4, 0.5) is 0 Å². The van der Waals surface area contributed by atoms with Crippen LogP contribution >= 0.6 is 12.4 Å². The summed E-state index contributed by atoms with van der Waals surface area (Å²) in [7, 11) is 0. The molecule has 1 aromatic carbocycles. The molecule has 0 unspecified atom stereocenters. The molecule has 46 valence electrons. The Hall–Kier alpha value is 0.133. The Kier molecular flexibility index (Phi) is 8.25. The molecule has 9 heavy (non-hydrogen) atoms. The molecule has 0 aliphatic heterocycles. The van der Waals surface area contributed by atoms with E-state index >= 15 is 0 Å². The number of rotatable bonds is 0. The summed E-state index contributed by atoms with van der Waals surface area (Å²) in [5.74, 6) is 0. The first-order valence-electron chi connectivity index (χ1n) is 2.32. The van der Waals surface area contributed by atoms with Gasteiger partial charge in [-0.25, -0.2) is 0 Å². The van der Waals surface area contributed by atoms with E-state index in [0.29, 0.717) is 0 Å². The Morgan fingerprint density at radius 3 is 2.33 bits per heavy atom. The summed E-state index contributed by atoms with van der Waals surface area (Å²) < 4.78 is 0. The van der Waals surface area contributed by atoms with Crippen LogP contribution in [0.25, 0.3) is 0 Å². The fraction of sp³-hybridized carbons (Fsp3) is 0.143. The van der Waals surface area contributed by atoms with Crippen molar-refractivity contribution in [1.29, 1.82) is 0 Å². The average Bonchev–Trinajstić information content (AvgIpc) is 1.69. The molecule has 1 rings (SSSR count). The van der Waals surface area contributed by atoms with Crippen molar-refractivity contribution in [3.8, 4) is 0 Å². The molecule has 0 heterocycles. The Labute approximate surface area is 74.8 Å². The Balaban J connectivity index is 0. The van der Waals surface area contributed by atoms with Crippen LogP contribution in [-0.2, 0) is 19.5 Å². The van der Waals surface area contributed by atoms with E-state index in [0.717, 1.165) is 0 Å². The summed E-state index contributed by atoms with van der Waals surface area (Å²) in [6.45, 7) is 2.05. The third-order valence-electron chi connectivity index (χ3n) is 0.863. The maximum atomic E-state index is 2.96. The van der Waals surface area contributed by atoms with Gasteiger partial charge < -0.3 is 0 Å².